The van der Waals surface area contributed by atoms with Crippen molar-refractivity contribution in [2.24, 2.45) is 5.92 Å². The molecule has 1 heterocycles. The van der Waals surface area contributed by atoms with Crippen LogP contribution in [0.25, 0.3) is 0 Å². The molecule has 1 fully saturated rings. The number of halogens is 1. The second-order valence-electron chi connectivity index (χ2n) is 6.67. The van der Waals surface area contributed by atoms with Crippen molar-refractivity contribution in [2.75, 3.05) is 32.8 Å². The number of amides is 2. The van der Waals surface area contributed by atoms with Gasteiger partial charge in [0.15, 0.2) is 0 Å². The summed E-state index contributed by atoms with van der Waals surface area (Å²) < 4.78 is 18.2. The van der Waals surface area contributed by atoms with Crippen molar-refractivity contribution in [2.45, 2.75) is 32.7 Å². The molecule has 6 heteroatoms. The third kappa shape index (κ3) is 6.74. The molecule has 1 aliphatic rings. The molecule has 1 aromatic carbocycles. The second kappa shape index (κ2) is 9.47. The van der Waals surface area contributed by atoms with Crippen LogP contribution in [0.5, 0.6) is 5.75 Å². The van der Waals surface area contributed by atoms with Gasteiger partial charge in [-0.3, -0.25) is 0 Å². The fraction of sp³-hybridized carbons (Fsp3) is 0.611. The number of carbonyl (C=O) groups excluding carboxylic acids is 1. The van der Waals surface area contributed by atoms with Crippen molar-refractivity contribution in [1.82, 2.24) is 15.5 Å². The molecule has 2 amide bonds. The summed E-state index contributed by atoms with van der Waals surface area (Å²) >= 11 is 0. The van der Waals surface area contributed by atoms with Crippen LogP contribution < -0.4 is 15.4 Å². The fourth-order valence-electron chi connectivity index (χ4n) is 2.88. The molecule has 1 aliphatic heterocycles. The summed E-state index contributed by atoms with van der Waals surface area (Å²) in [5.41, 5.74) is 0. The number of ether oxygens (including phenoxy) is 1. The first kappa shape index (κ1) is 18.5. The van der Waals surface area contributed by atoms with Crippen LogP contribution in [-0.4, -0.2) is 49.8 Å². The number of carbonyl (C=O) groups is 1. The minimum atomic E-state index is -0.292. The molecule has 0 atom stereocenters. The van der Waals surface area contributed by atoms with Crippen molar-refractivity contribution >= 4 is 6.03 Å². The van der Waals surface area contributed by atoms with E-state index < -0.39 is 0 Å². The molecule has 0 aliphatic carbocycles. The molecule has 0 aromatic heterocycles. The number of rotatable bonds is 7. The van der Waals surface area contributed by atoms with E-state index in [1.165, 1.54) is 12.1 Å². The minimum Gasteiger partial charge on any atom is -0.492 e. The standard InChI is InChI=1S/C18H28FN3O2/c1-14(2)13-22-10-7-16(8-11-22)21-18(23)20-9-12-24-17-5-3-15(19)4-6-17/h3-6,14,16H,7-13H2,1-2H3,(H2,20,21,23). The van der Waals surface area contributed by atoms with Crippen molar-refractivity contribution in [3.63, 3.8) is 0 Å². The van der Waals surface area contributed by atoms with Crippen LogP contribution >= 0.6 is 0 Å². The Bertz CT molecular complexity index is 499. The molecule has 134 valence electrons. The molecule has 0 spiro atoms. The van der Waals surface area contributed by atoms with Gasteiger partial charge >= 0.3 is 6.03 Å². The van der Waals surface area contributed by atoms with E-state index in [9.17, 15) is 9.18 Å². The van der Waals surface area contributed by atoms with E-state index >= 15 is 0 Å². The highest BCUT2D eigenvalue weighted by molar-refractivity contribution is 5.74. The van der Waals surface area contributed by atoms with Crippen LogP contribution in [0.1, 0.15) is 26.7 Å². The third-order valence-electron chi connectivity index (χ3n) is 4.02. The first-order valence-electron chi connectivity index (χ1n) is 8.68. The number of benzene rings is 1. The number of nitrogens with one attached hydrogen (secondary N) is 2. The summed E-state index contributed by atoms with van der Waals surface area (Å²) in [5.74, 6) is 0.981. The summed E-state index contributed by atoms with van der Waals surface area (Å²) in [6.45, 7) is 8.42. The van der Waals surface area contributed by atoms with Gasteiger partial charge in [0.25, 0.3) is 0 Å². The Morgan fingerprint density at radius 3 is 2.58 bits per heavy atom. The number of piperidine rings is 1. The normalized spacial score (nSPS) is 16.2. The Labute approximate surface area is 143 Å². The molecule has 2 N–H and O–H groups in total. The maximum atomic E-state index is 12.8. The monoisotopic (exact) mass is 337 g/mol. The summed E-state index contributed by atoms with van der Waals surface area (Å²) in [6, 6.07) is 5.93. The molecule has 0 saturated carbocycles. The van der Waals surface area contributed by atoms with E-state index in [4.69, 9.17) is 4.74 Å². The third-order valence-corrected chi connectivity index (χ3v) is 4.02. The first-order valence-corrected chi connectivity index (χ1v) is 8.68. The van der Waals surface area contributed by atoms with Gasteiger partial charge in [-0.05, 0) is 43.0 Å². The lowest BCUT2D eigenvalue weighted by atomic mass is 10.0. The molecule has 0 bridgehead atoms. The highest BCUT2D eigenvalue weighted by Crippen LogP contribution is 2.12. The zero-order valence-corrected chi connectivity index (χ0v) is 14.6. The molecular formula is C18H28FN3O2. The van der Waals surface area contributed by atoms with Gasteiger partial charge < -0.3 is 20.3 Å². The van der Waals surface area contributed by atoms with E-state index in [2.05, 4.69) is 29.4 Å². The highest BCUT2D eigenvalue weighted by Gasteiger charge is 2.20. The fourth-order valence-corrected chi connectivity index (χ4v) is 2.88. The van der Waals surface area contributed by atoms with Crippen molar-refractivity contribution < 1.29 is 13.9 Å². The average molecular weight is 337 g/mol. The molecule has 5 nitrogen and oxygen atoms in total. The zero-order valence-electron chi connectivity index (χ0n) is 14.6. The maximum absolute atomic E-state index is 12.8. The van der Waals surface area contributed by atoms with Gasteiger partial charge in [-0.1, -0.05) is 13.8 Å². The summed E-state index contributed by atoms with van der Waals surface area (Å²) in [5, 5.41) is 5.81. The Morgan fingerprint density at radius 1 is 1.29 bits per heavy atom. The molecule has 0 radical (unpaired) electrons. The lowest BCUT2D eigenvalue weighted by Gasteiger charge is -2.33. The largest absolute Gasteiger partial charge is 0.492 e. The Balaban J connectivity index is 1.56. The van der Waals surface area contributed by atoms with Crippen LogP contribution in [0, 0.1) is 11.7 Å². The average Bonchev–Trinajstić information content (AvgIpc) is 2.55. The smallest absolute Gasteiger partial charge is 0.315 e. The Kier molecular flexibility index (Phi) is 7.31. The predicted octanol–water partition coefficient (Wildman–Crippen LogP) is 2.62. The number of urea groups is 1. The van der Waals surface area contributed by atoms with E-state index in [-0.39, 0.29) is 17.9 Å². The topological polar surface area (TPSA) is 53.6 Å². The summed E-state index contributed by atoms with van der Waals surface area (Å²) in [6.07, 6.45) is 1.98. The van der Waals surface area contributed by atoms with Gasteiger partial charge in [-0.25, -0.2) is 9.18 Å². The quantitative estimate of drug-likeness (QED) is 0.752. The van der Waals surface area contributed by atoms with Gasteiger partial charge in [0.1, 0.15) is 18.2 Å². The maximum Gasteiger partial charge on any atom is 0.315 e. The van der Waals surface area contributed by atoms with Crippen LogP contribution in [-0.2, 0) is 0 Å². The molecule has 2 rings (SSSR count). The van der Waals surface area contributed by atoms with E-state index in [0.29, 0.717) is 24.8 Å². The number of likely N-dealkylation sites (tertiary alicyclic amines) is 1. The van der Waals surface area contributed by atoms with Crippen molar-refractivity contribution in [3.05, 3.63) is 30.1 Å². The zero-order chi connectivity index (χ0) is 17.4. The van der Waals surface area contributed by atoms with Gasteiger partial charge in [0, 0.05) is 25.7 Å². The molecular weight excluding hydrogens is 309 g/mol. The highest BCUT2D eigenvalue weighted by atomic mass is 19.1. The number of nitrogens with zero attached hydrogens (tertiary/aromatic N) is 1. The van der Waals surface area contributed by atoms with Gasteiger partial charge in [-0.2, -0.15) is 0 Å². The number of hydrogen-bond donors (Lipinski definition) is 2. The first-order chi connectivity index (χ1) is 11.5. The molecule has 1 saturated heterocycles. The Morgan fingerprint density at radius 2 is 1.96 bits per heavy atom. The van der Waals surface area contributed by atoms with E-state index in [0.717, 1.165) is 32.5 Å². The van der Waals surface area contributed by atoms with Gasteiger partial charge in [-0.15, -0.1) is 0 Å². The van der Waals surface area contributed by atoms with E-state index in [1.807, 2.05) is 0 Å². The van der Waals surface area contributed by atoms with Gasteiger partial charge in [0.2, 0.25) is 0 Å². The second-order valence-corrected chi connectivity index (χ2v) is 6.67. The van der Waals surface area contributed by atoms with Gasteiger partial charge in [0.05, 0.1) is 6.54 Å². The number of hydrogen-bond acceptors (Lipinski definition) is 3. The predicted molar refractivity (Wildman–Crippen MR) is 92.7 cm³/mol. The lowest BCUT2D eigenvalue weighted by molar-refractivity contribution is 0.177. The molecule has 0 unspecified atom stereocenters. The summed E-state index contributed by atoms with van der Waals surface area (Å²) in [4.78, 5) is 14.3. The van der Waals surface area contributed by atoms with Crippen molar-refractivity contribution in [3.8, 4) is 5.75 Å². The van der Waals surface area contributed by atoms with Crippen molar-refractivity contribution in [1.29, 1.82) is 0 Å². The molecule has 1 aromatic rings. The lowest BCUT2D eigenvalue weighted by Crippen LogP contribution is -2.48. The summed E-state index contributed by atoms with van der Waals surface area (Å²) in [7, 11) is 0. The van der Waals surface area contributed by atoms with Crippen LogP contribution in [0.3, 0.4) is 0 Å². The van der Waals surface area contributed by atoms with Crippen LogP contribution in [0.4, 0.5) is 9.18 Å². The van der Waals surface area contributed by atoms with Crippen LogP contribution in [0.15, 0.2) is 24.3 Å². The Hall–Kier alpha value is -1.82. The minimum absolute atomic E-state index is 0.153. The van der Waals surface area contributed by atoms with Crippen LogP contribution in [0.2, 0.25) is 0 Å². The van der Waals surface area contributed by atoms with E-state index in [1.54, 1.807) is 12.1 Å². The molecule has 24 heavy (non-hydrogen) atoms. The SMILES string of the molecule is CC(C)CN1CCC(NC(=O)NCCOc2ccc(F)cc2)CC1.